The average Bonchev–Trinajstić information content (AvgIpc) is 3.51. The Bertz CT molecular complexity index is 1140. The Morgan fingerprint density at radius 2 is 2.30 bits per heavy atom. The molecule has 1 unspecified atom stereocenters. The quantitative estimate of drug-likeness (QED) is 0.430. The number of carbonyl (C=O) groups excluding carboxylic acids is 1. The van der Waals surface area contributed by atoms with Crippen LogP contribution in [0.4, 0.5) is 4.79 Å². The summed E-state index contributed by atoms with van der Waals surface area (Å²) in [6, 6.07) is 0. The molecule has 0 bridgehead atoms. The van der Waals surface area contributed by atoms with Crippen molar-refractivity contribution in [2.24, 2.45) is 0 Å². The number of aromatic nitrogens is 2. The molecule has 1 saturated carbocycles. The van der Waals surface area contributed by atoms with Gasteiger partial charge < -0.3 is 14.2 Å². The van der Waals surface area contributed by atoms with Crippen molar-refractivity contribution >= 4 is 23.5 Å². The van der Waals surface area contributed by atoms with Gasteiger partial charge in [0.25, 0.3) is 5.88 Å². The van der Waals surface area contributed by atoms with Gasteiger partial charge >= 0.3 is 6.16 Å². The lowest BCUT2D eigenvalue weighted by atomic mass is 10.1. The lowest BCUT2D eigenvalue weighted by Crippen LogP contribution is -2.49. The zero-order valence-electron chi connectivity index (χ0n) is 27.8. The first-order valence-corrected chi connectivity index (χ1v) is 9.10. The summed E-state index contributed by atoms with van der Waals surface area (Å²) in [4.78, 5) is 11.9. The molecule has 1 aromatic rings. The van der Waals surface area contributed by atoms with Crippen LogP contribution < -0.4 is 4.74 Å². The molecule has 0 saturated heterocycles. The van der Waals surface area contributed by atoms with Gasteiger partial charge in [0.2, 0.25) is 6.73 Å². The highest BCUT2D eigenvalue weighted by Gasteiger charge is 2.32. The lowest BCUT2D eigenvalue weighted by molar-refractivity contribution is -0.919. The summed E-state index contributed by atoms with van der Waals surface area (Å²) in [5, 5.41) is 0. The van der Waals surface area contributed by atoms with E-state index in [2.05, 4.69) is 8.75 Å². The van der Waals surface area contributed by atoms with E-state index >= 15 is 0 Å². The molecule has 2 heterocycles. The number of nitrogens with zero attached hydrogens (tertiary/aromatic N) is 3. The van der Waals surface area contributed by atoms with Crippen molar-refractivity contribution < 1.29 is 41.3 Å². The van der Waals surface area contributed by atoms with Crippen LogP contribution in [0.2, 0.25) is 0 Å². The average molecular weight is 410 g/mol. The molecular formula is C19H30N3O4S+. The molecular weight excluding hydrogens is 366 g/mol. The van der Waals surface area contributed by atoms with Crippen LogP contribution in [-0.4, -0.2) is 58.9 Å². The van der Waals surface area contributed by atoms with Crippen molar-refractivity contribution in [3.05, 3.63) is 11.8 Å². The second kappa shape index (κ2) is 9.50. The standard InChI is InChI=1S/C19H30N3O4S/c1-3-4-5-6-12-24-18-17(20-27-21-18)15-8-7-11-22(2,13-15)14-25-19(23)26-16-9-10-16/h8,16H,3-7,9-14H2,1-2H3/q+1/i1D3,3D2,4D2,5D2,6D2,12D2. The molecule has 8 heteroatoms. The third kappa shape index (κ3) is 6.17. The van der Waals surface area contributed by atoms with Crippen molar-refractivity contribution in [3.63, 3.8) is 0 Å². The van der Waals surface area contributed by atoms with E-state index in [1.54, 1.807) is 13.1 Å². The zero-order chi connectivity index (χ0) is 30.6. The fraction of sp³-hybridized carbons (Fsp3) is 0.737. The van der Waals surface area contributed by atoms with Crippen molar-refractivity contribution in [1.29, 1.82) is 0 Å². The molecule has 0 radical (unpaired) electrons. The molecule has 1 aliphatic carbocycles. The summed E-state index contributed by atoms with van der Waals surface area (Å²) < 4.78 is 126. The van der Waals surface area contributed by atoms with Crippen LogP contribution in [0.1, 0.15) is 75.1 Å². The number of hydrogen-bond acceptors (Lipinski definition) is 7. The minimum absolute atomic E-state index is 0.00988. The predicted octanol–water partition coefficient (Wildman–Crippen LogP) is 4.00. The van der Waals surface area contributed by atoms with Gasteiger partial charge in [-0.3, -0.25) is 4.48 Å². The number of rotatable bonds is 10. The minimum atomic E-state index is -4.06. The van der Waals surface area contributed by atoms with Crippen LogP contribution in [0.5, 0.6) is 5.88 Å². The van der Waals surface area contributed by atoms with Crippen molar-refractivity contribution in [1.82, 2.24) is 8.75 Å². The Morgan fingerprint density at radius 3 is 3.11 bits per heavy atom. The minimum Gasteiger partial charge on any atom is -0.475 e. The van der Waals surface area contributed by atoms with Crippen LogP contribution in [0.15, 0.2) is 6.08 Å². The van der Waals surface area contributed by atoms with E-state index in [1.807, 2.05) is 0 Å². The highest BCUT2D eigenvalue weighted by atomic mass is 32.1. The molecule has 1 aliphatic heterocycles. The van der Waals surface area contributed by atoms with E-state index < -0.39 is 50.9 Å². The third-order valence-corrected chi connectivity index (χ3v) is 4.55. The second-order valence-corrected chi connectivity index (χ2v) is 7.01. The van der Waals surface area contributed by atoms with Gasteiger partial charge in [-0.1, -0.05) is 32.0 Å². The first-order chi connectivity index (χ1) is 18.0. The number of likely N-dealkylation sites (N-methyl/N-ethyl adjacent to an activating group) is 1. The van der Waals surface area contributed by atoms with E-state index in [1.165, 1.54) is 0 Å². The van der Waals surface area contributed by atoms with Gasteiger partial charge in [-0.25, -0.2) is 4.79 Å². The van der Waals surface area contributed by atoms with Crippen molar-refractivity contribution in [3.8, 4) is 5.88 Å². The molecule has 1 aromatic heterocycles. The molecule has 7 nitrogen and oxygen atoms in total. The number of carbonyl (C=O) groups is 1. The molecule has 1 atom stereocenters. The van der Waals surface area contributed by atoms with Crippen LogP contribution in [0, 0.1) is 0 Å². The maximum atomic E-state index is 11.9. The summed E-state index contributed by atoms with van der Waals surface area (Å²) >= 11 is 0.595. The fourth-order valence-electron chi connectivity index (χ4n) is 2.56. The van der Waals surface area contributed by atoms with Crippen LogP contribution >= 0.6 is 11.7 Å². The largest absolute Gasteiger partial charge is 0.512 e. The summed E-state index contributed by atoms with van der Waals surface area (Å²) in [5.74, 6) is -0.525. The van der Waals surface area contributed by atoms with E-state index in [-0.39, 0.29) is 29.6 Å². The molecule has 0 amide bonds. The lowest BCUT2D eigenvalue weighted by Gasteiger charge is -2.36. The smallest absolute Gasteiger partial charge is 0.475 e. The molecule has 2 aliphatic rings. The van der Waals surface area contributed by atoms with Gasteiger partial charge in [0.15, 0.2) is 0 Å². The fourth-order valence-corrected chi connectivity index (χ4v) is 3.07. The maximum Gasteiger partial charge on any atom is 0.512 e. The van der Waals surface area contributed by atoms with Gasteiger partial charge in [0, 0.05) is 27.1 Å². The SMILES string of the molecule is [2H]C([2H])([2H])C([2H])([2H])C([2H])([2H])C([2H])([2H])C([2H])([2H])C([2H])([2H])Oc1nsnc1C1=CCC[N+](C)(COC(=O)OC2CC2)C1. The maximum absolute atomic E-state index is 11.9. The highest BCUT2D eigenvalue weighted by molar-refractivity contribution is 6.99. The molecule has 0 spiro atoms. The topological polar surface area (TPSA) is 70.5 Å². The molecule has 3 rings (SSSR count). The number of quaternary nitrogens is 1. The third-order valence-electron chi connectivity index (χ3n) is 4.04. The van der Waals surface area contributed by atoms with E-state index in [0.717, 1.165) is 12.8 Å². The summed E-state index contributed by atoms with van der Waals surface area (Å²) in [7, 11) is 1.80. The molecule has 0 aromatic carbocycles. The van der Waals surface area contributed by atoms with Gasteiger partial charge in [0.05, 0.1) is 34.6 Å². The summed E-state index contributed by atoms with van der Waals surface area (Å²) in [6.45, 7) is -6.63. The van der Waals surface area contributed by atoms with E-state index in [4.69, 9.17) is 32.0 Å². The summed E-state index contributed by atoms with van der Waals surface area (Å²) in [6.07, 6.45) is -13.0. The highest BCUT2D eigenvalue weighted by Crippen LogP contribution is 2.30. The first-order valence-electron chi connectivity index (χ1n) is 14.9. The van der Waals surface area contributed by atoms with E-state index in [9.17, 15) is 4.79 Å². The Kier molecular flexibility index (Phi) is 3.24. The summed E-state index contributed by atoms with van der Waals surface area (Å²) in [5.41, 5.74) is 0.501. The van der Waals surface area contributed by atoms with Crippen molar-refractivity contribution in [2.45, 2.75) is 57.7 Å². The molecule has 0 N–H and O–H groups in total. The van der Waals surface area contributed by atoms with Crippen LogP contribution in [-0.2, 0) is 9.47 Å². The Morgan fingerprint density at radius 1 is 1.41 bits per heavy atom. The zero-order valence-corrected chi connectivity index (χ0v) is 15.6. The van der Waals surface area contributed by atoms with Gasteiger partial charge in [-0.15, -0.1) is 4.37 Å². The van der Waals surface area contributed by atoms with Crippen molar-refractivity contribution in [2.75, 3.05) is 33.4 Å². The van der Waals surface area contributed by atoms with Crippen LogP contribution in [0.3, 0.4) is 0 Å². The van der Waals surface area contributed by atoms with Gasteiger partial charge in [-0.05, 0) is 19.2 Å². The number of hydrogen-bond donors (Lipinski definition) is 0. The monoisotopic (exact) mass is 409 g/mol. The first kappa shape index (κ1) is 9.22. The predicted molar refractivity (Wildman–Crippen MR) is 104 cm³/mol. The Labute approximate surface area is 183 Å². The molecule has 1 fully saturated rings. The Hall–Kier alpha value is -1.67. The molecule has 27 heavy (non-hydrogen) atoms. The van der Waals surface area contributed by atoms with Gasteiger partial charge in [-0.2, -0.15) is 4.37 Å². The normalized spacial score (nSPS) is 32.5. The number of ether oxygens (including phenoxy) is 3. The van der Waals surface area contributed by atoms with Crippen LogP contribution in [0.25, 0.3) is 5.57 Å². The Balaban J connectivity index is 1.81. The van der Waals surface area contributed by atoms with E-state index in [0.29, 0.717) is 30.3 Å². The molecule has 150 valence electrons. The van der Waals surface area contributed by atoms with Gasteiger partial charge in [0.1, 0.15) is 18.3 Å². The second-order valence-electron chi connectivity index (χ2n) is 6.48.